The third kappa shape index (κ3) is 4.36. The van der Waals surface area contributed by atoms with Crippen molar-refractivity contribution in [2.45, 2.75) is 30.1 Å². The van der Waals surface area contributed by atoms with Crippen LogP contribution < -0.4 is 4.74 Å². The third-order valence-electron chi connectivity index (χ3n) is 5.13. The molecule has 150 valence electrons. The number of hydrogen-bond donors (Lipinski definition) is 0. The minimum atomic E-state index is -3.63. The molecule has 0 radical (unpaired) electrons. The van der Waals surface area contributed by atoms with Gasteiger partial charge in [0.25, 0.3) is 0 Å². The fourth-order valence-electron chi connectivity index (χ4n) is 3.50. The van der Waals surface area contributed by atoms with Gasteiger partial charge in [-0.15, -0.1) is 0 Å². The standard InChI is InChI=1S/C21H25NO5S/c1-26-19-10-6-16(7-11-19)18-5-3-4-14-22(15-18)28(24,25)20-12-8-17(9-13-20)21(23)27-2/h6-13,18H,3-5,14-15H2,1-2H3. The van der Waals surface area contributed by atoms with Crippen LogP contribution >= 0.6 is 0 Å². The van der Waals surface area contributed by atoms with Crippen molar-refractivity contribution in [3.05, 3.63) is 59.7 Å². The Labute approximate surface area is 166 Å². The van der Waals surface area contributed by atoms with Crippen LogP contribution in [-0.4, -0.2) is 46.0 Å². The number of sulfonamides is 1. The molecule has 0 saturated carbocycles. The lowest BCUT2D eigenvalue weighted by atomic mass is 9.94. The van der Waals surface area contributed by atoms with E-state index >= 15 is 0 Å². The van der Waals surface area contributed by atoms with Gasteiger partial charge in [-0.1, -0.05) is 18.6 Å². The van der Waals surface area contributed by atoms with Crippen molar-refractivity contribution in [2.24, 2.45) is 0 Å². The van der Waals surface area contributed by atoms with Gasteiger partial charge in [0.05, 0.1) is 24.7 Å². The average Bonchev–Trinajstić information content (AvgIpc) is 3.00. The highest BCUT2D eigenvalue weighted by Crippen LogP contribution is 2.30. The molecule has 0 amide bonds. The van der Waals surface area contributed by atoms with Crippen LogP contribution in [0.5, 0.6) is 5.75 Å². The third-order valence-corrected chi connectivity index (χ3v) is 7.01. The van der Waals surface area contributed by atoms with Gasteiger partial charge in [-0.3, -0.25) is 0 Å². The summed E-state index contributed by atoms with van der Waals surface area (Å²) in [6.07, 6.45) is 2.75. The predicted molar refractivity (Wildman–Crippen MR) is 106 cm³/mol. The molecule has 0 aromatic heterocycles. The first-order valence-electron chi connectivity index (χ1n) is 9.28. The van der Waals surface area contributed by atoms with Crippen LogP contribution in [0.2, 0.25) is 0 Å². The maximum atomic E-state index is 13.2. The summed E-state index contributed by atoms with van der Waals surface area (Å²) in [5, 5.41) is 0. The second-order valence-electron chi connectivity index (χ2n) is 6.84. The Morgan fingerprint density at radius 2 is 1.68 bits per heavy atom. The van der Waals surface area contributed by atoms with Crippen molar-refractivity contribution in [3.63, 3.8) is 0 Å². The average molecular weight is 404 g/mol. The van der Waals surface area contributed by atoms with E-state index < -0.39 is 16.0 Å². The number of hydrogen-bond acceptors (Lipinski definition) is 5. The molecule has 0 bridgehead atoms. The largest absolute Gasteiger partial charge is 0.497 e. The number of carbonyl (C=O) groups is 1. The lowest BCUT2D eigenvalue weighted by molar-refractivity contribution is 0.0600. The number of benzene rings is 2. The van der Waals surface area contributed by atoms with Crippen molar-refractivity contribution in [2.75, 3.05) is 27.3 Å². The fraction of sp³-hybridized carbons (Fsp3) is 0.381. The van der Waals surface area contributed by atoms with Crippen LogP contribution in [0.4, 0.5) is 0 Å². The van der Waals surface area contributed by atoms with Crippen molar-refractivity contribution >= 4 is 16.0 Å². The van der Waals surface area contributed by atoms with Gasteiger partial charge < -0.3 is 9.47 Å². The van der Waals surface area contributed by atoms with Gasteiger partial charge in [-0.05, 0) is 60.7 Å². The van der Waals surface area contributed by atoms with Crippen molar-refractivity contribution in [1.29, 1.82) is 0 Å². The zero-order valence-corrected chi connectivity index (χ0v) is 16.9. The minimum Gasteiger partial charge on any atom is -0.497 e. The molecule has 1 unspecified atom stereocenters. The van der Waals surface area contributed by atoms with Gasteiger partial charge in [0, 0.05) is 13.1 Å². The summed E-state index contributed by atoms with van der Waals surface area (Å²) in [6.45, 7) is 0.932. The van der Waals surface area contributed by atoms with Crippen molar-refractivity contribution in [1.82, 2.24) is 4.31 Å². The van der Waals surface area contributed by atoms with E-state index in [-0.39, 0.29) is 10.8 Å². The molecule has 1 saturated heterocycles. The molecule has 1 heterocycles. The second-order valence-corrected chi connectivity index (χ2v) is 8.78. The summed E-state index contributed by atoms with van der Waals surface area (Å²) in [5.74, 6) is 0.434. The zero-order valence-electron chi connectivity index (χ0n) is 16.1. The van der Waals surface area contributed by atoms with E-state index in [0.717, 1.165) is 30.6 Å². The number of rotatable bonds is 5. The second kappa shape index (κ2) is 8.75. The highest BCUT2D eigenvalue weighted by atomic mass is 32.2. The molecule has 1 atom stereocenters. The minimum absolute atomic E-state index is 0.137. The highest BCUT2D eigenvalue weighted by molar-refractivity contribution is 7.89. The molecular weight excluding hydrogens is 378 g/mol. The molecule has 6 nitrogen and oxygen atoms in total. The molecule has 1 aliphatic rings. The molecule has 7 heteroatoms. The molecule has 0 aliphatic carbocycles. The summed E-state index contributed by atoms with van der Waals surface area (Å²) in [4.78, 5) is 11.8. The summed E-state index contributed by atoms with van der Waals surface area (Å²) < 4.78 is 37.7. The molecule has 2 aromatic rings. The molecule has 3 rings (SSSR count). The first-order valence-corrected chi connectivity index (χ1v) is 10.7. The summed E-state index contributed by atoms with van der Waals surface area (Å²) in [7, 11) is -0.711. The smallest absolute Gasteiger partial charge is 0.337 e. The number of carbonyl (C=O) groups excluding carboxylic acids is 1. The highest BCUT2D eigenvalue weighted by Gasteiger charge is 2.29. The first-order chi connectivity index (χ1) is 13.5. The molecule has 1 aliphatic heterocycles. The van der Waals surface area contributed by atoms with Crippen LogP contribution in [-0.2, 0) is 14.8 Å². The summed E-state index contributed by atoms with van der Waals surface area (Å²) in [5.41, 5.74) is 1.44. The summed E-state index contributed by atoms with van der Waals surface area (Å²) >= 11 is 0. The lowest BCUT2D eigenvalue weighted by Gasteiger charge is -2.24. The summed E-state index contributed by atoms with van der Waals surface area (Å²) in [6, 6.07) is 13.7. The molecule has 1 fully saturated rings. The van der Waals surface area contributed by atoms with Gasteiger partial charge >= 0.3 is 5.97 Å². The Morgan fingerprint density at radius 3 is 2.29 bits per heavy atom. The van der Waals surface area contributed by atoms with Gasteiger partial charge in [0.1, 0.15) is 5.75 Å². The normalized spacial score (nSPS) is 18.3. The molecule has 28 heavy (non-hydrogen) atoms. The Kier molecular flexibility index (Phi) is 6.36. The van der Waals surface area contributed by atoms with E-state index in [1.165, 1.54) is 31.4 Å². The number of methoxy groups -OCH3 is 2. The fourth-order valence-corrected chi connectivity index (χ4v) is 5.03. The van der Waals surface area contributed by atoms with Crippen LogP contribution in [0, 0.1) is 0 Å². The molecule has 0 spiro atoms. The SMILES string of the molecule is COC(=O)c1ccc(S(=O)(=O)N2CCCCC(c3ccc(OC)cc3)C2)cc1. The molecule has 0 N–H and O–H groups in total. The van der Waals surface area contributed by atoms with Gasteiger partial charge in [-0.25, -0.2) is 13.2 Å². The monoisotopic (exact) mass is 403 g/mol. The molecular formula is C21H25NO5S. The van der Waals surface area contributed by atoms with Crippen LogP contribution in [0.15, 0.2) is 53.4 Å². The quantitative estimate of drug-likeness (QED) is 0.715. The Morgan fingerprint density at radius 1 is 1.00 bits per heavy atom. The van der Waals surface area contributed by atoms with Crippen molar-refractivity contribution in [3.8, 4) is 5.75 Å². The first kappa shape index (κ1) is 20.4. The van der Waals surface area contributed by atoms with Gasteiger partial charge in [-0.2, -0.15) is 4.31 Å². The number of nitrogens with zero attached hydrogens (tertiary/aromatic N) is 1. The lowest BCUT2D eigenvalue weighted by Crippen LogP contribution is -2.34. The zero-order chi connectivity index (χ0) is 20.1. The van der Waals surface area contributed by atoms with Crippen LogP contribution in [0.25, 0.3) is 0 Å². The van der Waals surface area contributed by atoms with E-state index in [0.29, 0.717) is 18.7 Å². The predicted octanol–water partition coefficient (Wildman–Crippen LogP) is 3.44. The van der Waals surface area contributed by atoms with Crippen molar-refractivity contribution < 1.29 is 22.7 Å². The van der Waals surface area contributed by atoms with E-state index in [4.69, 9.17) is 4.74 Å². The van der Waals surface area contributed by atoms with E-state index in [9.17, 15) is 13.2 Å². The van der Waals surface area contributed by atoms with Gasteiger partial charge in [0.15, 0.2) is 0 Å². The maximum Gasteiger partial charge on any atom is 0.337 e. The Balaban J connectivity index is 1.82. The van der Waals surface area contributed by atoms with E-state index in [1.54, 1.807) is 11.4 Å². The Bertz CT molecular complexity index is 907. The van der Waals surface area contributed by atoms with E-state index in [2.05, 4.69) is 4.74 Å². The number of esters is 1. The van der Waals surface area contributed by atoms with Gasteiger partial charge in [0.2, 0.25) is 10.0 Å². The van der Waals surface area contributed by atoms with Crippen LogP contribution in [0.1, 0.15) is 41.1 Å². The maximum absolute atomic E-state index is 13.2. The van der Waals surface area contributed by atoms with Crippen LogP contribution in [0.3, 0.4) is 0 Å². The number of ether oxygens (including phenoxy) is 2. The van der Waals surface area contributed by atoms with E-state index in [1.807, 2.05) is 24.3 Å². The molecule has 2 aromatic carbocycles. The topological polar surface area (TPSA) is 72.9 Å². The Hall–Kier alpha value is -2.38.